The highest BCUT2D eigenvalue weighted by Gasteiger charge is 1.99. The summed E-state index contributed by atoms with van der Waals surface area (Å²) in [6.07, 6.45) is 3.17. The number of methoxy groups -OCH3 is 1. The number of carbonyl (C=O) groups is 1. The van der Waals surface area contributed by atoms with E-state index in [4.69, 9.17) is 17.0 Å². The zero-order valence-electron chi connectivity index (χ0n) is 10.2. The predicted molar refractivity (Wildman–Crippen MR) is 76.1 cm³/mol. The molecule has 0 fully saturated rings. The molecule has 0 saturated heterocycles. The van der Waals surface area contributed by atoms with Crippen molar-refractivity contribution in [3.8, 4) is 0 Å². The molecule has 0 unspecified atom stereocenters. The fourth-order valence-corrected chi connectivity index (χ4v) is 1.40. The van der Waals surface area contributed by atoms with Crippen molar-refractivity contribution >= 4 is 29.3 Å². The van der Waals surface area contributed by atoms with Crippen LogP contribution in [0.3, 0.4) is 0 Å². The van der Waals surface area contributed by atoms with Crippen molar-refractivity contribution in [2.24, 2.45) is 0 Å². The summed E-state index contributed by atoms with van der Waals surface area (Å²) in [6.45, 7) is 1.11. The summed E-state index contributed by atoms with van der Waals surface area (Å²) in [5.41, 5.74) is 0.964. The Bertz CT molecular complexity index is 418. The predicted octanol–water partition coefficient (Wildman–Crippen LogP) is 1.34. The average molecular weight is 264 g/mol. The number of thiocarbonyl (C=S) groups is 1. The molecule has 0 heterocycles. The highest BCUT2D eigenvalue weighted by Crippen LogP contribution is 2.00. The van der Waals surface area contributed by atoms with Crippen molar-refractivity contribution in [3.63, 3.8) is 0 Å². The molecule has 0 aliphatic heterocycles. The standard InChI is InChI=1S/C13H16N2O2S/c1-17-10-9-14-13(18)15-12(16)8-7-11-5-3-2-4-6-11/h2-8H,9-10H2,1H3,(H2,14,15,16,18). The molecule has 0 bridgehead atoms. The van der Waals surface area contributed by atoms with Gasteiger partial charge >= 0.3 is 0 Å². The number of nitrogens with one attached hydrogen (secondary N) is 2. The van der Waals surface area contributed by atoms with Gasteiger partial charge in [0.1, 0.15) is 0 Å². The quantitative estimate of drug-likeness (QED) is 0.479. The van der Waals surface area contributed by atoms with E-state index in [9.17, 15) is 4.79 Å². The van der Waals surface area contributed by atoms with Crippen LogP contribution in [0.2, 0.25) is 0 Å². The van der Waals surface area contributed by atoms with Crippen LogP contribution in [0.1, 0.15) is 5.56 Å². The molecule has 0 atom stereocenters. The van der Waals surface area contributed by atoms with Crippen molar-refractivity contribution in [2.45, 2.75) is 0 Å². The van der Waals surface area contributed by atoms with E-state index in [0.717, 1.165) is 5.56 Å². The molecule has 0 spiro atoms. The second-order valence-corrected chi connectivity index (χ2v) is 3.89. The van der Waals surface area contributed by atoms with Crippen LogP contribution in [-0.2, 0) is 9.53 Å². The fourth-order valence-electron chi connectivity index (χ4n) is 1.20. The van der Waals surface area contributed by atoms with Crippen molar-refractivity contribution in [1.29, 1.82) is 0 Å². The van der Waals surface area contributed by atoms with E-state index < -0.39 is 0 Å². The van der Waals surface area contributed by atoms with Crippen LogP contribution < -0.4 is 10.6 Å². The van der Waals surface area contributed by atoms with Gasteiger partial charge in [0.15, 0.2) is 5.11 Å². The number of hydrogen-bond donors (Lipinski definition) is 2. The van der Waals surface area contributed by atoms with Gasteiger partial charge in [-0.3, -0.25) is 10.1 Å². The van der Waals surface area contributed by atoms with E-state index in [2.05, 4.69) is 10.6 Å². The number of ether oxygens (including phenoxy) is 1. The lowest BCUT2D eigenvalue weighted by atomic mass is 10.2. The van der Waals surface area contributed by atoms with Crippen molar-refractivity contribution < 1.29 is 9.53 Å². The maximum absolute atomic E-state index is 11.5. The monoisotopic (exact) mass is 264 g/mol. The second kappa shape index (κ2) is 8.38. The molecule has 18 heavy (non-hydrogen) atoms. The summed E-state index contributed by atoms with van der Waals surface area (Å²) in [6, 6.07) is 9.58. The van der Waals surface area contributed by atoms with Gasteiger partial charge in [0.2, 0.25) is 5.91 Å². The summed E-state index contributed by atoms with van der Waals surface area (Å²) in [5.74, 6) is -0.256. The third kappa shape index (κ3) is 6.12. The minimum absolute atomic E-state index is 0.256. The van der Waals surface area contributed by atoms with Gasteiger partial charge in [-0.1, -0.05) is 30.3 Å². The smallest absolute Gasteiger partial charge is 0.250 e. The van der Waals surface area contributed by atoms with E-state index in [-0.39, 0.29) is 5.91 Å². The Labute approximate surface area is 112 Å². The molecule has 96 valence electrons. The first-order valence-electron chi connectivity index (χ1n) is 5.53. The van der Waals surface area contributed by atoms with Crippen LogP contribution in [0, 0.1) is 0 Å². The molecule has 1 rings (SSSR count). The SMILES string of the molecule is COCCNC(=S)NC(=O)C=Cc1ccccc1. The summed E-state index contributed by atoms with van der Waals surface area (Å²) >= 11 is 4.94. The van der Waals surface area contributed by atoms with E-state index in [1.54, 1.807) is 13.2 Å². The third-order valence-electron chi connectivity index (χ3n) is 2.06. The fraction of sp³-hybridized carbons (Fsp3) is 0.231. The van der Waals surface area contributed by atoms with E-state index >= 15 is 0 Å². The maximum Gasteiger partial charge on any atom is 0.250 e. The normalized spacial score (nSPS) is 10.3. The van der Waals surface area contributed by atoms with Crippen molar-refractivity contribution in [1.82, 2.24) is 10.6 Å². The zero-order valence-corrected chi connectivity index (χ0v) is 11.0. The molecule has 2 N–H and O–H groups in total. The van der Waals surface area contributed by atoms with Gasteiger partial charge in [-0.2, -0.15) is 0 Å². The molecule has 0 radical (unpaired) electrons. The minimum atomic E-state index is -0.256. The molecule has 0 saturated carbocycles. The largest absolute Gasteiger partial charge is 0.383 e. The molecule has 1 aromatic carbocycles. The van der Waals surface area contributed by atoms with Crippen LogP contribution in [0.5, 0.6) is 0 Å². The van der Waals surface area contributed by atoms with Crippen molar-refractivity contribution in [3.05, 3.63) is 42.0 Å². The maximum atomic E-state index is 11.5. The summed E-state index contributed by atoms with van der Waals surface area (Å²) in [5, 5.41) is 5.70. The molecule has 4 nitrogen and oxygen atoms in total. The van der Waals surface area contributed by atoms with Gasteiger partial charge in [-0.15, -0.1) is 0 Å². The van der Waals surface area contributed by atoms with E-state index in [1.807, 2.05) is 30.3 Å². The summed E-state index contributed by atoms with van der Waals surface area (Å²) in [7, 11) is 1.60. The van der Waals surface area contributed by atoms with Gasteiger partial charge < -0.3 is 10.1 Å². The highest BCUT2D eigenvalue weighted by atomic mass is 32.1. The number of amides is 1. The number of carbonyl (C=O) groups excluding carboxylic acids is 1. The number of hydrogen-bond acceptors (Lipinski definition) is 3. The van der Waals surface area contributed by atoms with Crippen LogP contribution in [-0.4, -0.2) is 31.3 Å². The Kier molecular flexibility index (Phi) is 6.68. The Balaban J connectivity index is 2.33. The van der Waals surface area contributed by atoms with Crippen LogP contribution in [0.25, 0.3) is 6.08 Å². The molecule has 0 aliphatic rings. The van der Waals surface area contributed by atoms with E-state index in [1.165, 1.54) is 6.08 Å². The lowest BCUT2D eigenvalue weighted by Crippen LogP contribution is -2.39. The molecule has 1 amide bonds. The molecular weight excluding hydrogens is 248 g/mol. The van der Waals surface area contributed by atoms with Crippen LogP contribution >= 0.6 is 12.2 Å². The van der Waals surface area contributed by atoms with Gasteiger partial charge in [-0.25, -0.2) is 0 Å². The first kappa shape index (κ1) is 14.3. The lowest BCUT2D eigenvalue weighted by Gasteiger charge is -2.06. The van der Waals surface area contributed by atoms with Gasteiger partial charge in [0.25, 0.3) is 0 Å². The minimum Gasteiger partial charge on any atom is -0.383 e. The average Bonchev–Trinajstić information content (AvgIpc) is 2.38. The first-order valence-corrected chi connectivity index (χ1v) is 5.94. The van der Waals surface area contributed by atoms with Crippen LogP contribution in [0.4, 0.5) is 0 Å². The third-order valence-corrected chi connectivity index (χ3v) is 2.30. The van der Waals surface area contributed by atoms with Gasteiger partial charge in [-0.05, 0) is 23.9 Å². The Morgan fingerprint density at radius 3 is 2.78 bits per heavy atom. The van der Waals surface area contributed by atoms with Gasteiger partial charge in [0.05, 0.1) is 6.61 Å². The summed E-state index contributed by atoms with van der Waals surface area (Å²) in [4.78, 5) is 11.5. The first-order chi connectivity index (χ1) is 8.72. The molecule has 5 heteroatoms. The van der Waals surface area contributed by atoms with Crippen molar-refractivity contribution in [2.75, 3.05) is 20.3 Å². The Morgan fingerprint density at radius 1 is 1.39 bits per heavy atom. The molecule has 0 aromatic heterocycles. The Morgan fingerprint density at radius 2 is 2.11 bits per heavy atom. The molecule has 0 aliphatic carbocycles. The highest BCUT2D eigenvalue weighted by molar-refractivity contribution is 7.80. The topological polar surface area (TPSA) is 50.4 Å². The lowest BCUT2D eigenvalue weighted by molar-refractivity contribution is -0.115. The second-order valence-electron chi connectivity index (χ2n) is 3.48. The number of benzene rings is 1. The zero-order chi connectivity index (χ0) is 13.2. The molecule has 1 aromatic rings. The summed E-state index contributed by atoms with van der Waals surface area (Å²) < 4.78 is 4.85. The van der Waals surface area contributed by atoms with Crippen LogP contribution in [0.15, 0.2) is 36.4 Å². The molecular formula is C13H16N2O2S. The van der Waals surface area contributed by atoms with Gasteiger partial charge in [0, 0.05) is 19.7 Å². The van der Waals surface area contributed by atoms with E-state index in [0.29, 0.717) is 18.3 Å². The number of rotatable bonds is 5. The Hall–Kier alpha value is -1.72.